The topological polar surface area (TPSA) is 29.5 Å². The Bertz CT molecular complexity index is 605. The normalized spacial score (nSPS) is 11.6. The van der Waals surface area contributed by atoms with Gasteiger partial charge in [-0.25, -0.2) is 0 Å². The van der Waals surface area contributed by atoms with Gasteiger partial charge < -0.3 is 9.84 Å². The Labute approximate surface area is 126 Å². The van der Waals surface area contributed by atoms with Gasteiger partial charge in [-0.2, -0.15) is 0 Å². The number of ether oxygens (including phenoxy) is 1. The fourth-order valence-electron chi connectivity index (χ4n) is 1.85. The first-order chi connectivity index (χ1) is 10.1. The Kier molecular flexibility index (Phi) is 5.22. The molecule has 2 heteroatoms. The highest BCUT2D eigenvalue weighted by atomic mass is 16.5. The highest BCUT2D eigenvalue weighted by molar-refractivity contribution is 5.57. The average Bonchev–Trinajstić information content (AvgIpc) is 2.46. The van der Waals surface area contributed by atoms with Crippen LogP contribution in [0.3, 0.4) is 0 Å². The molecule has 0 saturated carbocycles. The molecule has 0 unspecified atom stereocenters. The van der Waals surface area contributed by atoms with E-state index in [-0.39, 0.29) is 11.9 Å². The second-order valence-corrected chi connectivity index (χ2v) is 5.05. The van der Waals surface area contributed by atoms with E-state index in [0.29, 0.717) is 0 Å². The third kappa shape index (κ3) is 5.19. The monoisotopic (exact) mass is 280 g/mol. The van der Waals surface area contributed by atoms with Crippen LogP contribution in [0.15, 0.2) is 60.7 Å². The summed E-state index contributed by atoms with van der Waals surface area (Å²) in [6.45, 7) is 4.03. The first-order valence-corrected chi connectivity index (χ1v) is 7.04. The maximum Gasteiger partial charge on any atom is 0.119 e. The van der Waals surface area contributed by atoms with Gasteiger partial charge in [0.15, 0.2) is 0 Å². The molecule has 21 heavy (non-hydrogen) atoms. The van der Waals surface area contributed by atoms with Crippen LogP contribution in [-0.4, -0.2) is 11.2 Å². The lowest BCUT2D eigenvalue weighted by atomic mass is 10.2. The number of aromatic hydroxyl groups is 1. The largest absolute Gasteiger partial charge is 0.508 e. The van der Waals surface area contributed by atoms with E-state index in [0.717, 1.165) is 16.9 Å². The third-order valence-corrected chi connectivity index (χ3v) is 2.83. The van der Waals surface area contributed by atoms with Gasteiger partial charge in [-0.1, -0.05) is 48.6 Å². The van der Waals surface area contributed by atoms with Crippen LogP contribution in [0.25, 0.3) is 12.2 Å². The van der Waals surface area contributed by atoms with Crippen molar-refractivity contribution in [1.29, 1.82) is 0 Å². The zero-order valence-electron chi connectivity index (χ0n) is 12.4. The Morgan fingerprint density at radius 2 is 1.29 bits per heavy atom. The Hall–Kier alpha value is -2.48. The Balaban J connectivity index is 1.93. The van der Waals surface area contributed by atoms with Crippen LogP contribution in [0.2, 0.25) is 0 Å². The molecule has 0 aliphatic rings. The van der Waals surface area contributed by atoms with Gasteiger partial charge in [0, 0.05) is 0 Å². The van der Waals surface area contributed by atoms with Crippen molar-refractivity contribution < 1.29 is 9.84 Å². The summed E-state index contributed by atoms with van der Waals surface area (Å²) in [5, 5.41) is 9.21. The average molecular weight is 280 g/mol. The van der Waals surface area contributed by atoms with Crippen LogP contribution in [-0.2, 0) is 0 Å². The predicted octanol–water partition coefficient (Wildman–Crippen LogP) is 4.91. The Morgan fingerprint density at radius 1 is 0.810 bits per heavy atom. The maximum absolute atomic E-state index is 9.21. The van der Waals surface area contributed by atoms with E-state index in [1.54, 1.807) is 12.1 Å². The molecule has 1 N–H and O–H groups in total. The number of allylic oxidation sites excluding steroid dienone is 2. The number of phenols is 1. The molecule has 0 saturated heterocycles. The fraction of sp³-hybridized carbons (Fsp3) is 0.158. The number of phenolic OH excluding ortho intramolecular Hbond substituents is 1. The molecule has 0 fully saturated rings. The van der Waals surface area contributed by atoms with E-state index in [9.17, 15) is 5.11 Å². The van der Waals surface area contributed by atoms with Crippen LogP contribution in [0.1, 0.15) is 25.0 Å². The minimum atomic E-state index is 0.194. The summed E-state index contributed by atoms with van der Waals surface area (Å²) >= 11 is 0. The third-order valence-electron chi connectivity index (χ3n) is 2.83. The van der Waals surface area contributed by atoms with Gasteiger partial charge in [-0.05, 0) is 49.2 Å². The molecule has 108 valence electrons. The van der Waals surface area contributed by atoms with Gasteiger partial charge in [0.25, 0.3) is 0 Å². The van der Waals surface area contributed by atoms with E-state index in [1.807, 2.05) is 74.5 Å². The zero-order valence-corrected chi connectivity index (χ0v) is 12.4. The lowest BCUT2D eigenvalue weighted by molar-refractivity contribution is 0.242. The standard InChI is InChI=1S/C19H20O2/c1-15(2)21-19-13-9-17(10-14-19)6-4-3-5-16-7-11-18(20)12-8-16/h3-15,20H,1-2H3. The van der Waals surface area contributed by atoms with Crippen molar-refractivity contribution in [3.63, 3.8) is 0 Å². The summed E-state index contributed by atoms with van der Waals surface area (Å²) in [6, 6.07) is 15.1. The lowest BCUT2D eigenvalue weighted by Crippen LogP contribution is -2.05. The van der Waals surface area contributed by atoms with E-state index in [1.165, 1.54) is 0 Å². The van der Waals surface area contributed by atoms with Crippen molar-refractivity contribution in [3.8, 4) is 11.5 Å². The first kappa shape index (κ1) is 14.9. The van der Waals surface area contributed by atoms with Crippen molar-refractivity contribution in [2.24, 2.45) is 0 Å². The molecule has 2 nitrogen and oxygen atoms in total. The minimum absolute atomic E-state index is 0.194. The van der Waals surface area contributed by atoms with Gasteiger partial charge in [0.1, 0.15) is 11.5 Å². The highest BCUT2D eigenvalue weighted by Gasteiger charge is 1.95. The Morgan fingerprint density at radius 3 is 1.76 bits per heavy atom. The molecule has 0 aliphatic carbocycles. The lowest BCUT2D eigenvalue weighted by Gasteiger charge is -2.09. The van der Waals surface area contributed by atoms with E-state index < -0.39 is 0 Å². The molecule has 0 radical (unpaired) electrons. The SMILES string of the molecule is CC(C)Oc1ccc(C=CC=Cc2ccc(O)cc2)cc1. The van der Waals surface area contributed by atoms with Crippen molar-refractivity contribution >= 4 is 12.2 Å². The summed E-state index contributed by atoms with van der Waals surface area (Å²) < 4.78 is 5.60. The number of benzene rings is 2. The van der Waals surface area contributed by atoms with Crippen molar-refractivity contribution in [3.05, 3.63) is 71.8 Å². The van der Waals surface area contributed by atoms with E-state index >= 15 is 0 Å². The van der Waals surface area contributed by atoms with Crippen LogP contribution < -0.4 is 4.74 Å². The molecule has 0 aromatic heterocycles. The number of hydrogen-bond acceptors (Lipinski definition) is 2. The van der Waals surface area contributed by atoms with Gasteiger partial charge in [-0.3, -0.25) is 0 Å². The van der Waals surface area contributed by atoms with Gasteiger partial charge >= 0.3 is 0 Å². The summed E-state index contributed by atoms with van der Waals surface area (Å²) in [5.74, 6) is 1.17. The van der Waals surface area contributed by atoms with Crippen LogP contribution in [0, 0.1) is 0 Å². The predicted molar refractivity (Wildman–Crippen MR) is 88.4 cm³/mol. The quantitative estimate of drug-likeness (QED) is 0.789. The van der Waals surface area contributed by atoms with Gasteiger partial charge in [0.05, 0.1) is 6.10 Å². The molecule has 2 aromatic rings. The van der Waals surface area contributed by atoms with Crippen LogP contribution in [0.4, 0.5) is 0 Å². The molecular formula is C19H20O2. The van der Waals surface area contributed by atoms with E-state index in [4.69, 9.17) is 4.74 Å². The number of hydrogen-bond donors (Lipinski definition) is 1. The molecule has 2 rings (SSSR count). The van der Waals surface area contributed by atoms with Gasteiger partial charge in [-0.15, -0.1) is 0 Å². The first-order valence-electron chi connectivity index (χ1n) is 7.04. The smallest absolute Gasteiger partial charge is 0.119 e. The molecule has 0 amide bonds. The molecule has 2 aromatic carbocycles. The summed E-state index contributed by atoms with van der Waals surface area (Å²) in [5.41, 5.74) is 2.18. The van der Waals surface area contributed by atoms with Gasteiger partial charge in [0.2, 0.25) is 0 Å². The molecule has 0 aliphatic heterocycles. The van der Waals surface area contributed by atoms with Crippen LogP contribution in [0.5, 0.6) is 11.5 Å². The molecular weight excluding hydrogens is 260 g/mol. The second-order valence-electron chi connectivity index (χ2n) is 5.05. The van der Waals surface area contributed by atoms with Crippen molar-refractivity contribution in [2.45, 2.75) is 20.0 Å². The fourth-order valence-corrected chi connectivity index (χ4v) is 1.85. The number of rotatable bonds is 5. The molecule has 0 atom stereocenters. The summed E-state index contributed by atoms with van der Waals surface area (Å²) in [4.78, 5) is 0. The zero-order chi connectivity index (χ0) is 15.1. The molecule has 0 spiro atoms. The van der Waals surface area contributed by atoms with Crippen LogP contribution >= 0.6 is 0 Å². The minimum Gasteiger partial charge on any atom is -0.508 e. The van der Waals surface area contributed by atoms with Crippen molar-refractivity contribution in [1.82, 2.24) is 0 Å². The summed E-state index contributed by atoms with van der Waals surface area (Å²) in [7, 11) is 0. The highest BCUT2D eigenvalue weighted by Crippen LogP contribution is 2.15. The van der Waals surface area contributed by atoms with E-state index in [2.05, 4.69) is 0 Å². The second kappa shape index (κ2) is 7.34. The summed E-state index contributed by atoms with van der Waals surface area (Å²) in [6.07, 6.45) is 8.19. The molecule has 0 heterocycles. The maximum atomic E-state index is 9.21. The molecule has 0 bridgehead atoms. The van der Waals surface area contributed by atoms with Crippen molar-refractivity contribution in [2.75, 3.05) is 0 Å².